The third-order valence-corrected chi connectivity index (χ3v) is 11.6. The zero-order valence-corrected chi connectivity index (χ0v) is 22.4. The van der Waals surface area contributed by atoms with Gasteiger partial charge in [0.05, 0.1) is 36.4 Å². The van der Waals surface area contributed by atoms with Crippen LogP contribution < -0.4 is 0 Å². The molecule has 0 amide bonds. The van der Waals surface area contributed by atoms with Crippen molar-refractivity contribution in [1.29, 1.82) is 0 Å². The first-order chi connectivity index (χ1) is 17.4. The second-order valence-electron chi connectivity index (χ2n) is 13.3. The molecule has 0 bridgehead atoms. The number of aliphatic hydroxyl groups is 6. The number of esters is 1. The number of hydrogen-bond donors (Lipinski definition) is 6. The van der Waals surface area contributed by atoms with Crippen molar-refractivity contribution in [3.05, 3.63) is 11.6 Å². The van der Waals surface area contributed by atoms with Crippen LogP contribution in [0.4, 0.5) is 0 Å². The van der Waals surface area contributed by atoms with Crippen molar-refractivity contribution in [1.82, 2.24) is 0 Å². The summed E-state index contributed by atoms with van der Waals surface area (Å²) in [7, 11) is 0. The molecule has 10 heteroatoms. The Bertz CT molecular complexity index is 1100. The van der Waals surface area contributed by atoms with Crippen LogP contribution >= 0.6 is 0 Å². The van der Waals surface area contributed by atoms with E-state index in [1.165, 1.54) is 13.0 Å². The molecule has 38 heavy (non-hydrogen) atoms. The highest BCUT2D eigenvalue weighted by Crippen LogP contribution is 2.69. The first kappa shape index (κ1) is 27.9. The molecule has 0 aromatic heterocycles. The van der Waals surface area contributed by atoms with E-state index in [0.717, 1.165) is 0 Å². The summed E-state index contributed by atoms with van der Waals surface area (Å²) in [4.78, 5) is 38.6. The average Bonchev–Trinajstić information content (AvgIpc) is 3.30. The molecule has 1 saturated heterocycles. The van der Waals surface area contributed by atoms with Gasteiger partial charge in [-0.05, 0) is 50.2 Å². The van der Waals surface area contributed by atoms with Gasteiger partial charge in [-0.15, -0.1) is 0 Å². The smallest absolute Gasteiger partial charge is 0.309 e. The van der Waals surface area contributed by atoms with Crippen molar-refractivity contribution in [2.75, 3.05) is 6.61 Å². The second kappa shape index (κ2) is 8.41. The Morgan fingerprint density at radius 1 is 1.11 bits per heavy atom. The molecule has 0 unspecified atom stereocenters. The molecule has 212 valence electrons. The standard InChI is InChI=1S/C28H40O10/c1-13-14(12-38-23(13)34)7-21(32)26(4,35)19-5-6-27(36)16-9-22(33)28(37)11-18(30)17(29)10-24(28,2)15(16)8-20(31)25(19,27)3/h9,13-15,17-20,29-31,35-37H,5-8,10-12H2,1-4H3/t13-,14+,15-,17-,18+,19-,20+,24+,25-,26+,27+,28+/m0/s1. The Hall–Kier alpha value is -1.69. The van der Waals surface area contributed by atoms with Crippen molar-refractivity contribution in [3.63, 3.8) is 0 Å². The fraction of sp³-hybridized carbons (Fsp3) is 0.821. The summed E-state index contributed by atoms with van der Waals surface area (Å²) in [6.45, 7) is 6.44. The van der Waals surface area contributed by atoms with Crippen LogP contribution in [0.25, 0.3) is 0 Å². The SMILES string of the molecule is C[C@@H]1C(=O)OC[C@H]1CC(=O)[C@](C)(O)[C@H]1CC[C@@]2(O)C3=CC(=O)[C@]4(O)C[C@@H](O)[C@@H](O)C[C@]4(C)[C@H]3C[C@@H](O)[C@]12C. The lowest BCUT2D eigenvalue weighted by Crippen LogP contribution is -2.71. The van der Waals surface area contributed by atoms with Gasteiger partial charge in [-0.3, -0.25) is 14.4 Å². The number of cyclic esters (lactones) is 1. The summed E-state index contributed by atoms with van der Waals surface area (Å²) in [6, 6.07) is 0. The predicted octanol–water partition coefficient (Wildman–Crippen LogP) is -0.204. The number of ketones is 2. The van der Waals surface area contributed by atoms with Crippen LogP contribution in [0.3, 0.4) is 0 Å². The van der Waals surface area contributed by atoms with E-state index in [-0.39, 0.29) is 57.0 Å². The zero-order chi connectivity index (χ0) is 28.2. The van der Waals surface area contributed by atoms with E-state index < -0.39 is 75.3 Å². The Labute approximate surface area is 221 Å². The second-order valence-corrected chi connectivity index (χ2v) is 13.3. The third-order valence-electron chi connectivity index (χ3n) is 11.6. The van der Waals surface area contributed by atoms with Crippen molar-refractivity contribution in [3.8, 4) is 0 Å². The fourth-order valence-corrected chi connectivity index (χ4v) is 8.76. The molecule has 12 atom stereocenters. The summed E-state index contributed by atoms with van der Waals surface area (Å²) in [5.74, 6) is -3.95. The maximum absolute atomic E-state index is 13.4. The molecule has 0 spiro atoms. The summed E-state index contributed by atoms with van der Waals surface area (Å²) in [5, 5.41) is 67.8. The van der Waals surface area contributed by atoms with Crippen LogP contribution in [0.2, 0.25) is 0 Å². The van der Waals surface area contributed by atoms with Crippen molar-refractivity contribution in [2.24, 2.45) is 34.5 Å². The van der Waals surface area contributed by atoms with Gasteiger partial charge in [0.1, 0.15) is 11.2 Å². The molecule has 4 aliphatic carbocycles. The topological polar surface area (TPSA) is 182 Å². The molecule has 6 N–H and O–H groups in total. The molecule has 10 nitrogen and oxygen atoms in total. The Kier molecular flexibility index (Phi) is 6.16. The zero-order valence-electron chi connectivity index (χ0n) is 22.4. The van der Waals surface area contributed by atoms with Crippen LogP contribution in [0.5, 0.6) is 0 Å². The Balaban J connectivity index is 1.51. The average molecular weight is 537 g/mol. The van der Waals surface area contributed by atoms with E-state index in [0.29, 0.717) is 5.57 Å². The molecule has 5 aliphatic rings. The van der Waals surface area contributed by atoms with E-state index in [9.17, 15) is 45.0 Å². The highest BCUT2D eigenvalue weighted by Gasteiger charge is 2.74. The van der Waals surface area contributed by atoms with Crippen LogP contribution in [-0.2, 0) is 19.1 Å². The lowest BCUT2D eigenvalue weighted by Gasteiger charge is -2.63. The van der Waals surface area contributed by atoms with E-state index in [4.69, 9.17) is 4.74 Å². The van der Waals surface area contributed by atoms with Gasteiger partial charge >= 0.3 is 5.97 Å². The minimum atomic E-state index is -1.97. The summed E-state index contributed by atoms with van der Waals surface area (Å²) >= 11 is 0. The lowest BCUT2D eigenvalue weighted by molar-refractivity contribution is -0.224. The number of rotatable bonds is 4. The Morgan fingerprint density at radius 3 is 2.34 bits per heavy atom. The van der Waals surface area contributed by atoms with Gasteiger partial charge in [0.25, 0.3) is 0 Å². The minimum Gasteiger partial charge on any atom is -0.465 e. The molecular weight excluding hydrogens is 496 g/mol. The monoisotopic (exact) mass is 536 g/mol. The molecule has 3 saturated carbocycles. The number of Topliss-reactive ketones (excluding diaryl/α,β-unsaturated/α-hetero) is 1. The summed E-state index contributed by atoms with van der Waals surface area (Å²) in [6.07, 6.45) is -2.70. The van der Waals surface area contributed by atoms with E-state index in [1.54, 1.807) is 20.8 Å². The lowest BCUT2D eigenvalue weighted by atomic mass is 9.43. The van der Waals surface area contributed by atoms with Crippen LogP contribution in [-0.4, -0.2) is 89.9 Å². The first-order valence-corrected chi connectivity index (χ1v) is 13.6. The molecule has 1 heterocycles. The van der Waals surface area contributed by atoms with Gasteiger partial charge in [-0.2, -0.15) is 0 Å². The van der Waals surface area contributed by atoms with E-state index >= 15 is 0 Å². The normalized spacial score (nSPS) is 51.8. The van der Waals surface area contributed by atoms with E-state index in [2.05, 4.69) is 0 Å². The van der Waals surface area contributed by atoms with Gasteiger partial charge in [0.15, 0.2) is 11.6 Å². The number of hydrogen-bond acceptors (Lipinski definition) is 10. The maximum atomic E-state index is 13.4. The molecule has 5 rings (SSSR count). The van der Waals surface area contributed by atoms with Crippen LogP contribution in [0.1, 0.15) is 66.2 Å². The summed E-state index contributed by atoms with van der Waals surface area (Å²) < 4.78 is 5.05. The van der Waals surface area contributed by atoms with Gasteiger partial charge < -0.3 is 35.4 Å². The quantitative estimate of drug-likeness (QED) is 0.263. The molecule has 1 aliphatic heterocycles. The van der Waals surface area contributed by atoms with Crippen molar-refractivity contribution in [2.45, 2.75) is 101 Å². The van der Waals surface area contributed by atoms with Gasteiger partial charge in [-0.25, -0.2) is 0 Å². The number of carbonyl (C=O) groups is 3. The largest absolute Gasteiger partial charge is 0.465 e. The van der Waals surface area contributed by atoms with E-state index in [1.807, 2.05) is 0 Å². The fourth-order valence-electron chi connectivity index (χ4n) is 8.76. The molecular formula is C28H40O10. The van der Waals surface area contributed by atoms with Gasteiger partial charge in [-0.1, -0.05) is 20.8 Å². The predicted molar refractivity (Wildman–Crippen MR) is 131 cm³/mol. The molecule has 0 radical (unpaired) electrons. The maximum Gasteiger partial charge on any atom is 0.309 e. The van der Waals surface area contributed by atoms with Gasteiger partial charge in [0, 0.05) is 35.5 Å². The van der Waals surface area contributed by atoms with Gasteiger partial charge in [0.2, 0.25) is 0 Å². The third kappa shape index (κ3) is 3.31. The highest BCUT2D eigenvalue weighted by atomic mass is 16.5. The molecule has 0 aromatic carbocycles. The van der Waals surface area contributed by atoms with Crippen molar-refractivity contribution >= 4 is 17.5 Å². The molecule has 4 fully saturated rings. The number of fused-ring (bicyclic) bond motifs is 5. The van der Waals surface area contributed by atoms with Crippen LogP contribution in [0, 0.1) is 34.5 Å². The molecule has 0 aromatic rings. The number of aliphatic hydroxyl groups excluding tert-OH is 3. The first-order valence-electron chi connectivity index (χ1n) is 13.6. The number of ether oxygens (including phenoxy) is 1. The number of carbonyl (C=O) groups excluding carboxylic acids is 3. The van der Waals surface area contributed by atoms with Crippen LogP contribution in [0.15, 0.2) is 11.6 Å². The Morgan fingerprint density at radius 2 is 1.74 bits per heavy atom. The summed E-state index contributed by atoms with van der Waals surface area (Å²) in [5.41, 5.74) is -7.99. The van der Waals surface area contributed by atoms with Crippen molar-refractivity contribution < 1.29 is 49.8 Å². The minimum absolute atomic E-state index is 0.0301. The highest BCUT2D eigenvalue weighted by molar-refractivity contribution is 6.00.